The number of nitrogens with zero attached hydrogens (tertiary/aromatic N) is 5. The lowest BCUT2D eigenvalue weighted by Crippen LogP contribution is -2.02. The van der Waals surface area contributed by atoms with Crippen molar-refractivity contribution >= 4 is 29.0 Å². The van der Waals surface area contributed by atoms with E-state index in [0.717, 1.165) is 0 Å². The highest BCUT2D eigenvalue weighted by Gasteiger charge is 2.21. The topological polar surface area (TPSA) is 95.7 Å². The molecule has 0 fully saturated rings. The van der Waals surface area contributed by atoms with Gasteiger partial charge in [0.05, 0.1) is 15.7 Å². The van der Waals surface area contributed by atoms with Gasteiger partial charge in [-0.2, -0.15) is 9.67 Å². The van der Waals surface area contributed by atoms with Gasteiger partial charge >= 0.3 is 0 Å². The number of hydrogen-bond acceptors (Lipinski definition) is 6. The van der Waals surface area contributed by atoms with Crippen LogP contribution in [0.4, 0.5) is 5.82 Å². The normalized spacial score (nSPS) is 11.0. The molecule has 0 bridgehead atoms. The summed E-state index contributed by atoms with van der Waals surface area (Å²) in [5.74, 6) is 0.723. The number of benzene rings is 2. The number of rotatable bonds is 3. The summed E-state index contributed by atoms with van der Waals surface area (Å²) in [7, 11) is 0. The Hall–Kier alpha value is -2.90. The Morgan fingerprint density at radius 1 is 0.960 bits per heavy atom. The van der Waals surface area contributed by atoms with E-state index in [4.69, 9.17) is 33.5 Å². The monoisotopic (exact) mass is 372 g/mol. The maximum absolute atomic E-state index is 6.18. The number of nitrogens with two attached hydrogens (primary N) is 1. The van der Waals surface area contributed by atoms with Gasteiger partial charge in [-0.3, -0.25) is 0 Å². The van der Waals surface area contributed by atoms with E-state index >= 15 is 0 Å². The largest absolute Gasteiger partial charge is 0.382 e. The van der Waals surface area contributed by atoms with E-state index in [1.807, 2.05) is 24.3 Å². The summed E-state index contributed by atoms with van der Waals surface area (Å²) in [6.45, 7) is 0. The Labute approximate surface area is 152 Å². The lowest BCUT2D eigenvalue weighted by molar-refractivity contribution is 0.431. The Kier molecular flexibility index (Phi) is 3.87. The van der Waals surface area contributed by atoms with Crippen LogP contribution in [-0.4, -0.2) is 25.1 Å². The molecule has 7 nitrogen and oxygen atoms in total. The fraction of sp³-hybridized carbons (Fsp3) is 0. The van der Waals surface area contributed by atoms with E-state index in [9.17, 15) is 0 Å². The van der Waals surface area contributed by atoms with Gasteiger partial charge in [-0.05, 0) is 24.3 Å². The van der Waals surface area contributed by atoms with E-state index in [1.54, 1.807) is 24.3 Å². The Morgan fingerprint density at radius 3 is 2.44 bits per heavy atom. The van der Waals surface area contributed by atoms with Gasteiger partial charge in [0.25, 0.3) is 5.89 Å². The second-order valence-electron chi connectivity index (χ2n) is 5.09. The average Bonchev–Trinajstić information content (AvgIpc) is 3.23. The molecule has 4 rings (SSSR count). The molecule has 25 heavy (non-hydrogen) atoms. The highest BCUT2D eigenvalue weighted by Crippen LogP contribution is 2.30. The molecule has 0 aliphatic heterocycles. The van der Waals surface area contributed by atoms with Crippen LogP contribution in [0.25, 0.3) is 28.7 Å². The number of anilines is 1. The van der Waals surface area contributed by atoms with E-state index in [2.05, 4.69) is 20.5 Å². The molecule has 2 aromatic heterocycles. The van der Waals surface area contributed by atoms with Gasteiger partial charge in [-0.25, -0.2) is 0 Å². The first-order valence-corrected chi connectivity index (χ1v) is 7.96. The highest BCUT2D eigenvalue weighted by atomic mass is 35.5. The Morgan fingerprint density at radius 2 is 1.68 bits per heavy atom. The molecule has 0 amide bonds. The van der Waals surface area contributed by atoms with Gasteiger partial charge in [-0.15, -0.1) is 5.10 Å². The fourth-order valence-electron chi connectivity index (χ4n) is 2.31. The summed E-state index contributed by atoms with van der Waals surface area (Å²) < 4.78 is 6.69. The van der Waals surface area contributed by atoms with Gasteiger partial charge in [0, 0.05) is 5.56 Å². The molecule has 0 aliphatic carbocycles. The molecule has 2 heterocycles. The SMILES string of the molecule is Nc1c(-c2nc(-c3ccccc3Cl)no2)nnn1-c1ccccc1Cl. The standard InChI is InChI=1S/C16H10Cl2N6O/c17-10-6-2-1-5-9(10)15-20-16(25-22-15)13-14(19)24(23-21-13)12-8-4-3-7-11(12)18/h1-8H,19H2. The highest BCUT2D eigenvalue weighted by molar-refractivity contribution is 6.33. The molecule has 0 atom stereocenters. The molecule has 9 heteroatoms. The zero-order valence-electron chi connectivity index (χ0n) is 12.6. The maximum atomic E-state index is 6.18. The lowest BCUT2D eigenvalue weighted by Gasteiger charge is -2.04. The molecule has 0 aliphatic rings. The molecule has 2 aromatic carbocycles. The summed E-state index contributed by atoms with van der Waals surface area (Å²) in [4.78, 5) is 4.31. The minimum Gasteiger partial charge on any atom is -0.382 e. The summed E-state index contributed by atoms with van der Waals surface area (Å²) in [5, 5.41) is 13.0. The van der Waals surface area contributed by atoms with Gasteiger partial charge in [0.1, 0.15) is 0 Å². The molecule has 0 saturated heterocycles. The quantitative estimate of drug-likeness (QED) is 0.586. The Balaban J connectivity index is 1.75. The zero-order valence-corrected chi connectivity index (χ0v) is 14.1. The molecular weight excluding hydrogens is 363 g/mol. The van der Waals surface area contributed by atoms with Crippen molar-refractivity contribution in [3.8, 4) is 28.7 Å². The van der Waals surface area contributed by atoms with Crippen LogP contribution < -0.4 is 5.73 Å². The van der Waals surface area contributed by atoms with E-state index in [1.165, 1.54) is 4.68 Å². The van der Waals surface area contributed by atoms with E-state index < -0.39 is 0 Å². The average molecular weight is 373 g/mol. The molecule has 124 valence electrons. The third-order valence-corrected chi connectivity index (χ3v) is 4.18. The first-order valence-electron chi connectivity index (χ1n) is 7.20. The summed E-state index contributed by atoms with van der Waals surface area (Å²) in [5.41, 5.74) is 7.66. The van der Waals surface area contributed by atoms with Crippen molar-refractivity contribution in [1.82, 2.24) is 25.1 Å². The first-order chi connectivity index (χ1) is 12.1. The second kappa shape index (κ2) is 6.19. The van der Waals surface area contributed by atoms with Crippen molar-refractivity contribution in [3.63, 3.8) is 0 Å². The third-order valence-electron chi connectivity index (χ3n) is 3.53. The maximum Gasteiger partial charge on any atom is 0.282 e. The van der Waals surface area contributed by atoms with Crippen molar-refractivity contribution in [2.24, 2.45) is 0 Å². The number of para-hydroxylation sites is 1. The number of nitrogen functional groups attached to an aromatic ring is 1. The van der Waals surface area contributed by atoms with Gasteiger partial charge in [0.2, 0.25) is 5.82 Å². The molecule has 0 radical (unpaired) electrons. The van der Waals surface area contributed by atoms with Crippen LogP contribution in [0.2, 0.25) is 10.0 Å². The van der Waals surface area contributed by atoms with Crippen LogP contribution in [0.5, 0.6) is 0 Å². The van der Waals surface area contributed by atoms with Crippen LogP contribution >= 0.6 is 23.2 Å². The zero-order chi connectivity index (χ0) is 17.4. The van der Waals surface area contributed by atoms with Gasteiger partial charge in [0.15, 0.2) is 11.5 Å². The van der Waals surface area contributed by atoms with E-state index in [0.29, 0.717) is 27.1 Å². The Bertz CT molecular complexity index is 1060. The predicted molar refractivity (Wildman–Crippen MR) is 94.5 cm³/mol. The van der Waals surface area contributed by atoms with Crippen molar-refractivity contribution < 1.29 is 4.52 Å². The van der Waals surface area contributed by atoms with Crippen molar-refractivity contribution in [2.75, 3.05) is 5.73 Å². The first kappa shape index (κ1) is 15.6. The molecule has 0 saturated carbocycles. The van der Waals surface area contributed by atoms with Crippen LogP contribution in [0.1, 0.15) is 0 Å². The van der Waals surface area contributed by atoms with Crippen LogP contribution in [-0.2, 0) is 0 Å². The number of hydrogen-bond donors (Lipinski definition) is 1. The fourth-order valence-corrected chi connectivity index (χ4v) is 2.75. The van der Waals surface area contributed by atoms with Crippen molar-refractivity contribution in [1.29, 1.82) is 0 Å². The molecular formula is C16H10Cl2N6O. The molecule has 4 aromatic rings. The molecule has 0 spiro atoms. The smallest absolute Gasteiger partial charge is 0.282 e. The van der Waals surface area contributed by atoms with Crippen molar-refractivity contribution in [3.05, 3.63) is 58.6 Å². The van der Waals surface area contributed by atoms with Gasteiger partial charge < -0.3 is 10.3 Å². The minimum atomic E-state index is 0.144. The van der Waals surface area contributed by atoms with Crippen LogP contribution in [0.3, 0.4) is 0 Å². The second-order valence-corrected chi connectivity index (χ2v) is 5.90. The summed E-state index contributed by atoms with van der Waals surface area (Å²) >= 11 is 12.3. The third kappa shape index (κ3) is 2.73. The number of aromatic nitrogens is 5. The van der Waals surface area contributed by atoms with Gasteiger partial charge in [-0.1, -0.05) is 57.8 Å². The van der Waals surface area contributed by atoms with E-state index in [-0.39, 0.29) is 17.4 Å². The van der Waals surface area contributed by atoms with Crippen molar-refractivity contribution in [2.45, 2.75) is 0 Å². The summed E-state index contributed by atoms with van der Waals surface area (Å²) in [6, 6.07) is 14.3. The van der Waals surface area contributed by atoms with Crippen LogP contribution in [0.15, 0.2) is 53.1 Å². The molecule has 0 unspecified atom stereocenters. The van der Waals surface area contributed by atoms with Crippen LogP contribution in [0, 0.1) is 0 Å². The number of halogens is 2. The predicted octanol–water partition coefficient (Wildman–Crippen LogP) is 3.87. The lowest BCUT2D eigenvalue weighted by atomic mass is 10.2. The molecule has 2 N–H and O–H groups in total. The minimum absolute atomic E-state index is 0.144. The summed E-state index contributed by atoms with van der Waals surface area (Å²) in [6.07, 6.45) is 0.